The summed E-state index contributed by atoms with van der Waals surface area (Å²) in [5, 5.41) is 0. The van der Waals surface area contributed by atoms with Gasteiger partial charge in [-0.25, -0.2) is 4.18 Å². The van der Waals surface area contributed by atoms with Gasteiger partial charge in [0.15, 0.2) is 0 Å². The van der Waals surface area contributed by atoms with Crippen LogP contribution in [-0.4, -0.2) is 61.2 Å². The molecule has 0 aromatic rings. The van der Waals surface area contributed by atoms with Crippen molar-refractivity contribution in [2.75, 3.05) is 6.61 Å². The van der Waals surface area contributed by atoms with E-state index >= 15 is 0 Å². The maximum Gasteiger partial charge on any atom is 0.397 e. The SMILES string of the molecule is CCCCCCCCCC(CCCCCCCCOC(C)=O)OS(=O)(=O)O.[Na]. The first-order valence-electron chi connectivity index (χ1n) is 10.6. The average molecular weight is 432 g/mol. The molecule has 0 aliphatic rings. The van der Waals surface area contributed by atoms with Crippen molar-refractivity contribution >= 4 is 45.9 Å². The summed E-state index contributed by atoms with van der Waals surface area (Å²) < 4.78 is 40.8. The second kappa shape index (κ2) is 20.6. The van der Waals surface area contributed by atoms with E-state index in [9.17, 15) is 13.2 Å². The van der Waals surface area contributed by atoms with Crippen LogP contribution in [0.15, 0.2) is 0 Å². The minimum Gasteiger partial charge on any atom is -0.466 e. The van der Waals surface area contributed by atoms with Gasteiger partial charge in [0, 0.05) is 36.5 Å². The Bertz CT molecular complexity index is 456. The van der Waals surface area contributed by atoms with Crippen molar-refractivity contribution in [3.63, 3.8) is 0 Å². The summed E-state index contributed by atoms with van der Waals surface area (Å²) >= 11 is 0. The molecule has 163 valence electrons. The van der Waals surface area contributed by atoms with Crippen molar-refractivity contribution in [3.8, 4) is 0 Å². The molecule has 1 N–H and O–H groups in total. The first-order valence-corrected chi connectivity index (χ1v) is 12.0. The standard InChI is InChI=1S/C20H40O6S.Na/c1-3-4-5-6-7-10-13-16-20(26-27(22,23)24)17-14-11-8-9-12-15-18-25-19(2)21;/h20H,3-18H2,1-2H3,(H,22,23,24);. The van der Waals surface area contributed by atoms with E-state index in [1.165, 1.54) is 39.0 Å². The Morgan fingerprint density at radius 1 is 0.821 bits per heavy atom. The maximum absolute atomic E-state index is 11.0. The van der Waals surface area contributed by atoms with Crippen molar-refractivity contribution < 1.29 is 26.7 Å². The van der Waals surface area contributed by atoms with Crippen LogP contribution in [0.4, 0.5) is 0 Å². The zero-order valence-electron chi connectivity index (χ0n) is 18.3. The van der Waals surface area contributed by atoms with E-state index in [1.807, 2.05) is 0 Å². The first-order chi connectivity index (χ1) is 12.8. The number of carbonyl (C=O) groups is 1. The normalized spacial score (nSPS) is 12.4. The summed E-state index contributed by atoms with van der Waals surface area (Å²) in [5.74, 6) is -0.235. The fraction of sp³-hybridized carbons (Fsp3) is 0.950. The Morgan fingerprint density at radius 3 is 1.68 bits per heavy atom. The third kappa shape index (κ3) is 24.4. The number of hydrogen-bond donors (Lipinski definition) is 1. The minimum absolute atomic E-state index is 0. The molecule has 1 radical (unpaired) electrons. The Labute approximate surface area is 194 Å². The van der Waals surface area contributed by atoms with Crippen LogP contribution in [0.3, 0.4) is 0 Å². The van der Waals surface area contributed by atoms with Crippen LogP contribution in [0.5, 0.6) is 0 Å². The third-order valence-corrected chi connectivity index (χ3v) is 5.13. The van der Waals surface area contributed by atoms with Crippen LogP contribution < -0.4 is 0 Å². The van der Waals surface area contributed by atoms with Gasteiger partial charge in [0.1, 0.15) is 0 Å². The maximum atomic E-state index is 11.0. The summed E-state index contributed by atoms with van der Waals surface area (Å²) in [6, 6.07) is 0. The molecule has 0 saturated heterocycles. The van der Waals surface area contributed by atoms with E-state index in [2.05, 4.69) is 6.92 Å². The second-order valence-electron chi connectivity index (χ2n) is 7.31. The first kappa shape index (κ1) is 30.5. The van der Waals surface area contributed by atoms with Crippen LogP contribution in [0.1, 0.15) is 110 Å². The number of esters is 1. The van der Waals surface area contributed by atoms with Gasteiger partial charge in [-0.05, 0) is 19.3 Å². The van der Waals surface area contributed by atoms with E-state index in [1.54, 1.807) is 0 Å². The topological polar surface area (TPSA) is 89.9 Å². The van der Waals surface area contributed by atoms with Gasteiger partial charge >= 0.3 is 16.4 Å². The molecule has 0 amide bonds. The van der Waals surface area contributed by atoms with Gasteiger partial charge in [-0.1, -0.05) is 84.0 Å². The molecule has 8 heteroatoms. The number of unbranched alkanes of at least 4 members (excludes halogenated alkanes) is 11. The summed E-state index contributed by atoms with van der Waals surface area (Å²) in [7, 11) is -4.38. The van der Waals surface area contributed by atoms with Crippen molar-refractivity contribution in [2.24, 2.45) is 0 Å². The molecule has 0 saturated carbocycles. The van der Waals surface area contributed by atoms with Crippen LogP contribution >= 0.6 is 0 Å². The third-order valence-electron chi connectivity index (χ3n) is 4.61. The van der Waals surface area contributed by atoms with Crippen LogP contribution in [0.25, 0.3) is 0 Å². The molecule has 0 fully saturated rings. The van der Waals surface area contributed by atoms with Crippen molar-refractivity contribution in [1.29, 1.82) is 0 Å². The van der Waals surface area contributed by atoms with Gasteiger partial charge in [-0.15, -0.1) is 0 Å². The predicted molar refractivity (Wildman–Crippen MR) is 114 cm³/mol. The van der Waals surface area contributed by atoms with E-state index in [0.29, 0.717) is 19.4 Å². The largest absolute Gasteiger partial charge is 0.466 e. The molecule has 0 aromatic heterocycles. The van der Waals surface area contributed by atoms with Gasteiger partial charge in [-0.3, -0.25) is 9.35 Å². The van der Waals surface area contributed by atoms with E-state index in [-0.39, 0.29) is 35.5 Å². The summed E-state index contributed by atoms with van der Waals surface area (Å²) in [5.41, 5.74) is 0. The molecule has 0 spiro atoms. The zero-order chi connectivity index (χ0) is 20.4. The molecule has 0 heterocycles. The zero-order valence-corrected chi connectivity index (χ0v) is 21.1. The van der Waals surface area contributed by atoms with Gasteiger partial charge in [0.25, 0.3) is 0 Å². The average Bonchev–Trinajstić information content (AvgIpc) is 2.57. The van der Waals surface area contributed by atoms with E-state index in [4.69, 9.17) is 13.5 Å². The van der Waals surface area contributed by atoms with Gasteiger partial charge in [0.2, 0.25) is 0 Å². The van der Waals surface area contributed by atoms with Crippen LogP contribution in [-0.2, 0) is 24.1 Å². The minimum atomic E-state index is -4.38. The smallest absolute Gasteiger partial charge is 0.397 e. The van der Waals surface area contributed by atoms with E-state index < -0.39 is 16.5 Å². The molecule has 0 aliphatic heterocycles. The summed E-state index contributed by atoms with van der Waals surface area (Å²) in [6.45, 7) is 4.09. The van der Waals surface area contributed by atoms with Gasteiger partial charge in [-0.2, -0.15) is 8.42 Å². The molecular weight excluding hydrogens is 391 g/mol. The Morgan fingerprint density at radius 2 is 1.25 bits per heavy atom. The van der Waals surface area contributed by atoms with Crippen molar-refractivity contribution in [2.45, 2.75) is 116 Å². The summed E-state index contributed by atoms with van der Waals surface area (Å²) in [4.78, 5) is 10.6. The molecule has 6 nitrogen and oxygen atoms in total. The van der Waals surface area contributed by atoms with E-state index in [0.717, 1.165) is 51.4 Å². The van der Waals surface area contributed by atoms with Crippen molar-refractivity contribution in [3.05, 3.63) is 0 Å². The quantitative estimate of drug-likeness (QED) is 0.130. The summed E-state index contributed by atoms with van der Waals surface area (Å²) in [6.07, 6.45) is 15.1. The molecule has 28 heavy (non-hydrogen) atoms. The molecule has 0 aromatic carbocycles. The van der Waals surface area contributed by atoms with Gasteiger partial charge in [0.05, 0.1) is 12.7 Å². The molecule has 0 rings (SSSR count). The predicted octanol–water partition coefficient (Wildman–Crippen LogP) is 5.23. The van der Waals surface area contributed by atoms with Gasteiger partial charge < -0.3 is 4.74 Å². The fourth-order valence-electron chi connectivity index (χ4n) is 3.14. The molecule has 0 bridgehead atoms. The Kier molecular flexibility index (Phi) is 22.5. The number of hydrogen-bond acceptors (Lipinski definition) is 5. The molecule has 1 atom stereocenters. The Balaban J connectivity index is 0. The van der Waals surface area contributed by atoms with Crippen LogP contribution in [0.2, 0.25) is 0 Å². The fourth-order valence-corrected chi connectivity index (χ4v) is 3.68. The van der Waals surface area contributed by atoms with Crippen LogP contribution in [0, 0.1) is 0 Å². The van der Waals surface area contributed by atoms with Crippen molar-refractivity contribution in [1.82, 2.24) is 0 Å². The second-order valence-corrected chi connectivity index (χ2v) is 8.35. The molecule has 1 unspecified atom stereocenters. The molecule has 0 aliphatic carbocycles. The number of rotatable bonds is 19. The number of carbonyl (C=O) groups excluding carboxylic acids is 1. The Hall–Kier alpha value is 0.340. The monoisotopic (exact) mass is 431 g/mol. The molecular formula is C20H40NaO6S. The number of ether oxygens (including phenoxy) is 1.